The Kier molecular flexibility index (Phi) is 3.89. The molecule has 0 amide bonds. The molecule has 0 nitrogen and oxygen atoms in total. The van der Waals surface area contributed by atoms with Gasteiger partial charge in [-0.25, -0.2) is 0 Å². The predicted octanol–water partition coefficient (Wildman–Crippen LogP) is 8.48. The molecule has 0 heteroatoms. The molecule has 0 spiro atoms. The quantitative estimate of drug-likeness (QED) is 0.282. The lowest BCUT2D eigenvalue weighted by Gasteiger charge is -2.15. The zero-order valence-corrected chi connectivity index (χ0v) is 16.5. The third-order valence-corrected chi connectivity index (χ3v) is 6.03. The molecule has 0 radical (unpaired) electrons. The van der Waals surface area contributed by atoms with Gasteiger partial charge in [0.2, 0.25) is 0 Å². The lowest BCUT2D eigenvalue weighted by atomic mass is 9.88. The second kappa shape index (κ2) is 6.86. The Bertz CT molecular complexity index is 1540. The molecular weight excluding hydrogens is 360 g/mol. The van der Waals surface area contributed by atoms with Crippen LogP contribution in [-0.4, -0.2) is 0 Å². The van der Waals surface area contributed by atoms with Crippen molar-refractivity contribution in [1.29, 1.82) is 0 Å². The number of rotatable bonds is 2. The lowest BCUT2D eigenvalue weighted by Crippen LogP contribution is -1.89. The van der Waals surface area contributed by atoms with E-state index in [1.54, 1.807) is 0 Å². The maximum absolute atomic E-state index is 2.32. The van der Waals surface area contributed by atoms with Gasteiger partial charge < -0.3 is 0 Å². The molecule has 0 unspecified atom stereocenters. The van der Waals surface area contributed by atoms with Gasteiger partial charge in [-0.3, -0.25) is 0 Å². The van der Waals surface area contributed by atoms with Gasteiger partial charge in [0.15, 0.2) is 0 Å². The van der Waals surface area contributed by atoms with Crippen LogP contribution in [0.5, 0.6) is 0 Å². The molecule has 0 heterocycles. The van der Waals surface area contributed by atoms with Crippen molar-refractivity contribution < 1.29 is 0 Å². The highest BCUT2D eigenvalue weighted by molar-refractivity contribution is 6.06. The zero-order valence-electron chi connectivity index (χ0n) is 16.5. The molecule has 0 atom stereocenters. The van der Waals surface area contributed by atoms with Crippen molar-refractivity contribution in [2.45, 2.75) is 0 Å². The molecule has 0 aliphatic rings. The maximum atomic E-state index is 2.32. The summed E-state index contributed by atoms with van der Waals surface area (Å²) in [5.74, 6) is 0. The van der Waals surface area contributed by atoms with Gasteiger partial charge in [0.25, 0.3) is 0 Å². The second-order valence-corrected chi connectivity index (χ2v) is 7.83. The summed E-state index contributed by atoms with van der Waals surface area (Å²) in [7, 11) is 0. The smallest absolute Gasteiger partial charge is 0.00266 e. The van der Waals surface area contributed by atoms with Crippen LogP contribution in [0.2, 0.25) is 0 Å². The molecule has 0 saturated heterocycles. The Hall–Kier alpha value is -3.90. The third-order valence-electron chi connectivity index (χ3n) is 6.03. The van der Waals surface area contributed by atoms with Gasteiger partial charge >= 0.3 is 0 Å². The summed E-state index contributed by atoms with van der Waals surface area (Å²) in [6.07, 6.45) is 0. The molecule has 140 valence electrons. The van der Waals surface area contributed by atoms with Gasteiger partial charge in [0.1, 0.15) is 0 Å². The highest BCUT2D eigenvalue weighted by Gasteiger charge is 2.13. The second-order valence-electron chi connectivity index (χ2n) is 7.83. The van der Waals surface area contributed by atoms with Crippen LogP contribution in [-0.2, 0) is 0 Å². The summed E-state index contributed by atoms with van der Waals surface area (Å²) >= 11 is 0. The fourth-order valence-corrected chi connectivity index (χ4v) is 4.52. The van der Waals surface area contributed by atoms with E-state index in [4.69, 9.17) is 0 Å². The number of hydrogen-bond acceptors (Lipinski definition) is 0. The topological polar surface area (TPSA) is 0 Å². The van der Waals surface area contributed by atoms with Crippen LogP contribution in [0, 0.1) is 0 Å². The van der Waals surface area contributed by atoms with Gasteiger partial charge in [0, 0.05) is 0 Å². The first-order valence-electron chi connectivity index (χ1n) is 10.4. The fraction of sp³-hybridized carbons (Fsp3) is 0. The third kappa shape index (κ3) is 2.77. The number of benzene rings is 6. The summed E-state index contributed by atoms with van der Waals surface area (Å²) in [6, 6.07) is 43.9. The Morgan fingerprint density at radius 2 is 0.833 bits per heavy atom. The lowest BCUT2D eigenvalue weighted by molar-refractivity contribution is 1.64. The van der Waals surface area contributed by atoms with Crippen molar-refractivity contribution in [2.75, 3.05) is 0 Å². The van der Waals surface area contributed by atoms with Crippen LogP contribution in [0.4, 0.5) is 0 Å². The Morgan fingerprint density at radius 3 is 1.53 bits per heavy atom. The minimum absolute atomic E-state index is 1.25. The number of fused-ring (bicyclic) bond motifs is 3. The summed E-state index contributed by atoms with van der Waals surface area (Å²) in [5, 5.41) is 7.65. The molecule has 0 saturated carbocycles. The van der Waals surface area contributed by atoms with Gasteiger partial charge in [-0.15, -0.1) is 0 Å². The first-order chi connectivity index (χ1) is 14.9. The summed E-state index contributed by atoms with van der Waals surface area (Å²) in [5.41, 5.74) is 5.08. The van der Waals surface area contributed by atoms with Crippen molar-refractivity contribution in [3.8, 4) is 22.3 Å². The maximum Gasteiger partial charge on any atom is -0.00266 e. The summed E-state index contributed by atoms with van der Waals surface area (Å²) in [4.78, 5) is 0. The van der Waals surface area contributed by atoms with E-state index in [0.29, 0.717) is 0 Å². The van der Waals surface area contributed by atoms with E-state index >= 15 is 0 Å². The Balaban J connectivity index is 1.67. The van der Waals surface area contributed by atoms with E-state index in [0.717, 1.165) is 0 Å². The van der Waals surface area contributed by atoms with Crippen LogP contribution >= 0.6 is 0 Å². The average Bonchev–Trinajstić information content (AvgIpc) is 2.82. The van der Waals surface area contributed by atoms with Crippen LogP contribution in [0.15, 0.2) is 121 Å². The zero-order chi connectivity index (χ0) is 19.9. The molecule has 30 heavy (non-hydrogen) atoms. The van der Waals surface area contributed by atoms with Crippen molar-refractivity contribution in [2.24, 2.45) is 0 Å². The summed E-state index contributed by atoms with van der Waals surface area (Å²) in [6.45, 7) is 0. The monoisotopic (exact) mass is 380 g/mol. The van der Waals surface area contributed by atoms with E-state index < -0.39 is 0 Å². The first-order valence-corrected chi connectivity index (χ1v) is 10.4. The Morgan fingerprint density at radius 1 is 0.333 bits per heavy atom. The largest absolute Gasteiger partial charge is 0.0616 e. The highest BCUT2D eigenvalue weighted by atomic mass is 14.2. The van der Waals surface area contributed by atoms with Crippen LogP contribution in [0.1, 0.15) is 0 Å². The average molecular weight is 380 g/mol. The molecule has 0 aliphatic carbocycles. The van der Waals surface area contributed by atoms with Crippen LogP contribution in [0.25, 0.3) is 54.6 Å². The molecular formula is C30H20. The molecule has 0 bridgehead atoms. The van der Waals surface area contributed by atoms with Gasteiger partial charge in [0.05, 0.1) is 0 Å². The van der Waals surface area contributed by atoms with Crippen molar-refractivity contribution in [1.82, 2.24) is 0 Å². The summed E-state index contributed by atoms with van der Waals surface area (Å²) < 4.78 is 0. The highest BCUT2D eigenvalue weighted by Crippen LogP contribution is 2.39. The van der Waals surface area contributed by atoms with E-state index in [2.05, 4.69) is 121 Å². The Labute approximate surface area is 176 Å². The molecule has 6 aromatic carbocycles. The van der Waals surface area contributed by atoms with E-state index in [1.165, 1.54) is 54.6 Å². The molecule has 0 fully saturated rings. The van der Waals surface area contributed by atoms with Crippen molar-refractivity contribution in [3.05, 3.63) is 121 Å². The minimum Gasteiger partial charge on any atom is -0.0616 e. The minimum atomic E-state index is 1.25. The van der Waals surface area contributed by atoms with E-state index in [9.17, 15) is 0 Å². The molecule has 0 aliphatic heterocycles. The van der Waals surface area contributed by atoms with Crippen molar-refractivity contribution in [3.63, 3.8) is 0 Å². The van der Waals surface area contributed by atoms with Crippen LogP contribution in [0.3, 0.4) is 0 Å². The number of hydrogen-bond donors (Lipinski definition) is 0. The van der Waals surface area contributed by atoms with E-state index in [1.807, 2.05) is 0 Å². The molecule has 0 aromatic heterocycles. The van der Waals surface area contributed by atoms with Gasteiger partial charge in [-0.1, -0.05) is 109 Å². The van der Waals surface area contributed by atoms with Gasteiger partial charge in [-0.05, 0) is 66.7 Å². The van der Waals surface area contributed by atoms with E-state index in [-0.39, 0.29) is 0 Å². The molecule has 0 N–H and O–H groups in total. The molecule has 6 rings (SSSR count). The first kappa shape index (κ1) is 17.0. The fourth-order valence-electron chi connectivity index (χ4n) is 4.52. The SMILES string of the molecule is c1ccc2cc(-c3ccc4ccccc4c3-c3ccc4ccccc4c3)ccc2c1. The predicted molar refractivity (Wildman–Crippen MR) is 130 cm³/mol. The normalized spacial score (nSPS) is 11.3. The van der Waals surface area contributed by atoms with Gasteiger partial charge in [-0.2, -0.15) is 0 Å². The molecule has 6 aromatic rings. The van der Waals surface area contributed by atoms with Crippen LogP contribution < -0.4 is 0 Å². The van der Waals surface area contributed by atoms with Crippen molar-refractivity contribution >= 4 is 32.3 Å². The standard InChI is InChI=1S/C30H20/c1-3-10-24-19-26(15-13-21(24)7-1)29-18-17-23-9-5-6-12-28(23)30(29)27-16-14-22-8-2-4-11-25(22)20-27/h1-20H.